The summed E-state index contributed by atoms with van der Waals surface area (Å²) in [5, 5.41) is 2.60. The van der Waals surface area contributed by atoms with Gasteiger partial charge < -0.3 is 14.8 Å². The Kier molecular flexibility index (Phi) is 4.86. The number of fused-ring (bicyclic) bond motifs is 5. The average Bonchev–Trinajstić information content (AvgIpc) is 3.40. The van der Waals surface area contributed by atoms with Crippen LogP contribution in [0.4, 0.5) is 5.69 Å². The molecule has 1 aromatic rings. The number of rotatable bonds is 6. The molecule has 5 atom stereocenters. The lowest BCUT2D eigenvalue weighted by Crippen LogP contribution is -2.45. The minimum atomic E-state index is -1.06. The highest BCUT2D eigenvalue weighted by Gasteiger charge is 2.60. The molecular formula is C21H22N2O6. The van der Waals surface area contributed by atoms with E-state index >= 15 is 0 Å². The van der Waals surface area contributed by atoms with Crippen molar-refractivity contribution in [1.82, 2.24) is 4.90 Å². The highest BCUT2D eigenvalue weighted by atomic mass is 16.5. The zero-order chi connectivity index (χ0) is 20.7. The smallest absolute Gasteiger partial charge is 0.329 e. The summed E-state index contributed by atoms with van der Waals surface area (Å²) in [5.41, 5.74) is 0.528. The van der Waals surface area contributed by atoms with Crippen molar-refractivity contribution in [3.63, 3.8) is 0 Å². The van der Waals surface area contributed by atoms with E-state index in [9.17, 15) is 19.2 Å². The minimum Gasteiger partial charge on any atom is -0.497 e. The number of nitrogens with zero attached hydrogens (tertiary/aromatic N) is 1. The molecule has 1 saturated carbocycles. The first-order valence-corrected chi connectivity index (χ1v) is 9.56. The molecule has 0 spiro atoms. The number of imide groups is 1. The molecule has 1 aliphatic heterocycles. The lowest BCUT2D eigenvalue weighted by atomic mass is 9.85. The quantitative estimate of drug-likeness (QED) is 0.441. The molecule has 1 saturated heterocycles. The van der Waals surface area contributed by atoms with Gasteiger partial charge in [0.2, 0.25) is 11.8 Å². The number of allylic oxidation sites excluding steroid dienone is 2. The second-order valence-corrected chi connectivity index (χ2v) is 7.61. The number of carbonyl (C=O) groups excluding carboxylic acids is 4. The Bertz CT molecular complexity index is 863. The predicted octanol–water partition coefficient (Wildman–Crippen LogP) is 1.37. The first-order valence-electron chi connectivity index (χ1n) is 9.56. The number of benzene rings is 1. The number of hydrogen-bond donors (Lipinski definition) is 1. The van der Waals surface area contributed by atoms with Gasteiger partial charge in [-0.25, -0.2) is 4.79 Å². The van der Waals surface area contributed by atoms with Crippen molar-refractivity contribution in [2.75, 3.05) is 19.0 Å². The van der Waals surface area contributed by atoms with Crippen molar-refractivity contribution in [3.8, 4) is 5.75 Å². The van der Waals surface area contributed by atoms with Crippen LogP contribution in [0.3, 0.4) is 0 Å². The highest BCUT2D eigenvalue weighted by Crippen LogP contribution is 2.52. The van der Waals surface area contributed by atoms with E-state index in [0.29, 0.717) is 11.4 Å². The molecule has 29 heavy (non-hydrogen) atoms. The number of ether oxygens (including phenoxy) is 2. The summed E-state index contributed by atoms with van der Waals surface area (Å²) < 4.78 is 10.1. The molecule has 0 radical (unpaired) electrons. The largest absolute Gasteiger partial charge is 0.497 e. The number of nitrogens with one attached hydrogen (secondary N) is 1. The molecule has 3 aliphatic rings. The number of amides is 3. The molecule has 1 heterocycles. The predicted molar refractivity (Wildman–Crippen MR) is 102 cm³/mol. The summed E-state index contributed by atoms with van der Waals surface area (Å²) in [6.07, 6.45) is 4.81. The van der Waals surface area contributed by atoms with Gasteiger partial charge >= 0.3 is 5.97 Å². The number of hydrogen-bond acceptors (Lipinski definition) is 6. The van der Waals surface area contributed by atoms with Crippen LogP contribution in [0, 0.1) is 23.7 Å². The number of carbonyl (C=O) groups is 4. The molecule has 8 nitrogen and oxygen atoms in total. The van der Waals surface area contributed by atoms with Crippen LogP contribution >= 0.6 is 0 Å². The average molecular weight is 398 g/mol. The Morgan fingerprint density at radius 1 is 1.10 bits per heavy atom. The standard InChI is InChI=1S/C21H22N2O6/c1-11(23-19(25)17-12-3-4-13(9-12)18(17)20(23)26)21(27)29-10-16(24)22-14-5-7-15(28-2)8-6-14/h3-8,11-13,17-18H,9-10H2,1-2H3,(H,22,24)/t11-,12-,13-,17-,18+/m0/s1. The van der Waals surface area contributed by atoms with Gasteiger partial charge in [-0.05, 0) is 49.4 Å². The molecule has 1 aromatic carbocycles. The second-order valence-electron chi connectivity index (χ2n) is 7.61. The van der Waals surface area contributed by atoms with Gasteiger partial charge in [-0.15, -0.1) is 0 Å². The molecule has 2 bridgehead atoms. The first-order chi connectivity index (χ1) is 13.9. The Morgan fingerprint density at radius 2 is 1.69 bits per heavy atom. The summed E-state index contributed by atoms with van der Waals surface area (Å²) >= 11 is 0. The van der Waals surface area contributed by atoms with Crippen molar-refractivity contribution in [3.05, 3.63) is 36.4 Å². The zero-order valence-corrected chi connectivity index (χ0v) is 16.2. The normalized spacial score (nSPS) is 27.7. The molecule has 4 rings (SSSR count). The summed E-state index contributed by atoms with van der Waals surface area (Å²) in [5.74, 6) is -1.87. The van der Waals surface area contributed by atoms with Crippen LogP contribution in [0.1, 0.15) is 13.3 Å². The fourth-order valence-corrected chi connectivity index (χ4v) is 4.54. The van der Waals surface area contributed by atoms with Gasteiger partial charge in [-0.2, -0.15) is 0 Å². The maximum atomic E-state index is 12.7. The molecule has 2 fully saturated rings. The van der Waals surface area contributed by atoms with Gasteiger partial charge in [0.25, 0.3) is 5.91 Å². The van der Waals surface area contributed by atoms with Gasteiger partial charge in [0.1, 0.15) is 11.8 Å². The topological polar surface area (TPSA) is 102 Å². The summed E-state index contributed by atoms with van der Waals surface area (Å²) in [7, 11) is 1.54. The third-order valence-electron chi connectivity index (χ3n) is 5.95. The van der Waals surface area contributed by atoms with E-state index in [0.717, 1.165) is 11.3 Å². The van der Waals surface area contributed by atoms with Crippen molar-refractivity contribution in [2.24, 2.45) is 23.7 Å². The lowest BCUT2D eigenvalue weighted by Gasteiger charge is -2.23. The Morgan fingerprint density at radius 3 is 2.24 bits per heavy atom. The SMILES string of the molecule is COc1ccc(NC(=O)COC(=O)[C@H](C)N2C(=O)[C@@H]3[C@H](C2=O)[C@H]2C=C[C@H]3C2)cc1. The Labute approximate surface area is 167 Å². The van der Waals surface area contributed by atoms with E-state index in [1.54, 1.807) is 31.4 Å². The minimum absolute atomic E-state index is 0.0740. The van der Waals surface area contributed by atoms with E-state index in [-0.39, 0.29) is 35.5 Å². The fourth-order valence-electron chi connectivity index (χ4n) is 4.54. The third-order valence-corrected chi connectivity index (χ3v) is 5.95. The van der Waals surface area contributed by atoms with Crippen LogP contribution in [0.25, 0.3) is 0 Å². The van der Waals surface area contributed by atoms with Gasteiger partial charge in [0.05, 0.1) is 18.9 Å². The molecule has 2 aliphatic carbocycles. The Hall–Kier alpha value is -3.16. The highest BCUT2D eigenvalue weighted by molar-refractivity contribution is 6.09. The molecule has 152 valence electrons. The van der Waals surface area contributed by atoms with E-state index in [1.165, 1.54) is 6.92 Å². The number of esters is 1. The summed E-state index contributed by atoms with van der Waals surface area (Å²) in [4.78, 5) is 50.9. The van der Waals surface area contributed by atoms with E-state index in [1.807, 2.05) is 12.2 Å². The third kappa shape index (κ3) is 3.28. The second kappa shape index (κ2) is 7.35. The molecule has 8 heteroatoms. The van der Waals surface area contributed by atoms with Crippen LogP contribution in [0.15, 0.2) is 36.4 Å². The fraction of sp³-hybridized carbons (Fsp3) is 0.429. The molecule has 3 amide bonds. The number of likely N-dealkylation sites (tertiary alicyclic amines) is 1. The van der Waals surface area contributed by atoms with Gasteiger partial charge in [-0.3, -0.25) is 19.3 Å². The first kappa shape index (κ1) is 19.2. The monoisotopic (exact) mass is 398 g/mol. The van der Waals surface area contributed by atoms with Crippen LogP contribution in [0.2, 0.25) is 0 Å². The molecular weight excluding hydrogens is 376 g/mol. The zero-order valence-electron chi connectivity index (χ0n) is 16.2. The Balaban J connectivity index is 1.32. The molecule has 0 unspecified atom stereocenters. The van der Waals surface area contributed by atoms with Crippen molar-refractivity contribution >= 4 is 29.4 Å². The van der Waals surface area contributed by atoms with Gasteiger partial charge in [-0.1, -0.05) is 12.2 Å². The maximum Gasteiger partial charge on any atom is 0.329 e. The van der Waals surface area contributed by atoms with Crippen LogP contribution in [0.5, 0.6) is 5.75 Å². The van der Waals surface area contributed by atoms with Crippen molar-refractivity contribution < 1.29 is 28.7 Å². The number of anilines is 1. The van der Waals surface area contributed by atoms with Gasteiger partial charge in [0, 0.05) is 5.69 Å². The van der Waals surface area contributed by atoms with Gasteiger partial charge in [0.15, 0.2) is 6.61 Å². The maximum absolute atomic E-state index is 12.7. The van der Waals surface area contributed by atoms with E-state index in [2.05, 4.69) is 5.32 Å². The molecule has 0 aromatic heterocycles. The van der Waals surface area contributed by atoms with Crippen LogP contribution < -0.4 is 10.1 Å². The summed E-state index contributed by atoms with van der Waals surface area (Å²) in [6, 6.07) is 5.63. The molecule has 1 N–H and O–H groups in total. The van der Waals surface area contributed by atoms with Crippen molar-refractivity contribution in [1.29, 1.82) is 0 Å². The van der Waals surface area contributed by atoms with Crippen molar-refractivity contribution in [2.45, 2.75) is 19.4 Å². The van der Waals surface area contributed by atoms with E-state index in [4.69, 9.17) is 9.47 Å². The van der Waals surface area contributed by atoms with Crippen LogP contribution in [-0.4, -0.2) is 48.3 Å². The summed E-state index contributed by atoms with van der Waals surface area (Å²) in [6.45, 7) is 0.945. The van der Waals surface area contributed by atoms with E-state index < -0.39 is 24.5 Å². The number of methoxy groups -OCH3 is 1. The lowest BCUT2D eigenvalue weighted by molar-refractivity contribution is -0.159. The van der Waals surface area contributed by atoms with Crippen LogP contribution in [-0.2, 0) is 23.9 Å².